The van der Waals surface area contributed by atoms with Crippen LogP contribution in [0.4, 0.5) is 13.2 Å². The van der Waals surface area contributed by atoms with Crippen LogP contribution in [0.2, 0.25) is 0 Å². The summed E-state index contributed by atoms with van der Waals surface area (Å²) in [5.41, 5.74) is 5.32. The second kappa shape index (κ2) is 10.8. The van der Waals surface area contributed by atoms with E-state index in [-0.39, 0.29) is 11.5 Å². The minimum absolute atomic E-state index is 0.113. The van der Waals surface area contributed by atoms with Gasteiger partial charge in [0.25, 0.3) is 0 Å². The highest BCUT2D eigenvalue weighted by Crippen LogP contribution is 2.34. The van der Waals surface area contributed by atoms with Crippen molar-refractivity contribution in [1.82, 2.24) is 9.78 Å². The summed E-state index contributed by atoms with van der Waals surface area (Å²) in [6.07, 6.45) is -3.29. The molecule has 0 saturated carbocycles. The Hall–Kier alpha value is -2.45. The summed E-state index contributed by atoms with van der Waals surface area (Å²) in [6.45, 7) is 3.57. The average Bonchev–Trinajstić information content (AvgIpc) is 3.31. The SMILES string of the molecule is CC(=O)c1ccc(-c2cc(C(F)(F)F)n(C)n2)s1.CCc1ccccc1.CN. The number of halogens is 3. The molecule has 0 aliphatic heterocycles. The highest BCUT2D eigenvalue weighted by Gasteiger charge is 2.35. The molecule has 0 atom stereocenters. The minimum Gasteiger partial charge on any atom is -0.333 e. The fraction of sp³-hybridized carbons (Fsp3) is 0.300. The molecular weight excluding hydrogens is 387 g/mol. The van der Waals surface area contributed by atoms with Gasteiger partial charge in [-0.25, -0.2) is 0 Å². The molecule has 0 spiro atoms. The lowest BCUT2D eigenvalue weighted by atomic mass is 10.2. The Kier molecular flexibility index (Phi) is 9.08. The maximum atomic E-state index is 12.6. The van der Waals surface area contributed by atoms with E-state index in [0.29, 0.717) is 9.75 Å². The number of carbonyl (C=O) groups excluding carboxylic acids is 1. The van der Waals surface area contributed by atoms with E-state index >= 15 is 0 Å². The number of nitrogens with two attached hydrogens (primary N) is 1. The van der Waals surface area contributed by atoms with Crippen molar-refractivity contribution in [3.05, 3.63) is 64.7 Å². The van der Waals surface area contributed by atoms with Gasteiger partial charge in [0.05, 0.1) is 9.75 Å². The van der Waals surface area contributed by atoms with E-state index < -0.39 is 11.9 Å². The second-order valence-electron chi connectivity index (χ2n) is 5.60. The van der Waals surface area contributed by atoms with E-state index in [2.05, 4.69) is 42.0 Å². The number of thiophene rings is 1. The summed E-state index contributed by atoms with van der Waals surface area (Å²) in [5, 5.41) is 3.82. The Morgan fingerprint density at radius 2 is 1.75 bits per heavy atom. The van der Waals surface area contributed by atoms with Crippen molar-refractivity contribution in [3.8, 4) is 10.6 Å². The summed E-state index contributed by atoms with van der Waals surface area (Å²) in [7, 11) is 2.74. The maximum Gasteiger partial charge on any atom is 0.433 e. The molecule has 0 aliphatic rings. The number of hydrogen-bond acceptors (Lipinski definition) is 4. The largest absolute Gasteiger partial charge is 0.433 e. The van der Waals surface area contributed by atoms with Gasteiger partial charge in [-0.15, -0.1) is 11.3 Å². The summed E-state index contributed by atoms with van der Waals surface area (Å²) in [5.74, 6) is -0.113. The number of aromatic nitrogens is 2. The number of aryl methyl sites for hydroxylation is 2. The van der Waals surface area contributed by atoms with Crippen molar-refractivity contribution in [2.45, 2.75) is 26.4 Å². The van der Waals surface area contributed by atoms with E-state index in [1.807, 2.05) is 6.07 Å². The maximum absolute atomic E-state index is 12.6. The zero-order valence-electron chi connectivity index (χ0n) is 16.2. The Bertz CT molecular complexity index is 870. The molecule has 2 N–H and O–H groups in total. The van der Waals surface area contributed by atoms with Crippen LogP contribution in [-0.4, -0.2) is 22.6 Å². The molecular formula is C20H24F3N3OS. The van der Waals surface area contributed by atoms with Crippen molar-refractivity contribution in [2.75, 3.05) is 7.05 Å². The lowest BCUT2D eigenvalue weighted by molar-refractivity contribution is -0.143. The van der Waals surface area contributed by atoms with Crippen LogP contribution in [0.5, 0.6) is 0 Å². The molecule has 0 amide bonds. The first kappa shape index (κ1) is 23.6. The Balaban J connectivity index is 0.000000327. The van der Waals surface area contributed by atoms with Gasteiger partial charge in [0.1, 0.15) is 11.4 Å². The first-order chi connectivity index (χ1) is 13.2. The zero-order chi connectivity index (χ0) is 21.3. The van der Waals surface area contributed by atoms with Crippen molar-refractivity contribution in [3.63, 3.8) is 0 Å². The van der Waals surface area contributed by atoms with Gasteiger partial charge >= 0.3 is 6.18 Å². The minimum atomic E-state index is -4.43. The van der Waals surface area contributed by atoms with Crippen LogP contribution in [0.25, 0.3) is 10.6 Å². The quantitative estimate of drug-likeness (QED) is 0.603. The molecule has 0 unspecified atom stereocenters. The number of hydrogen-bond donors (Lipinski definition) is 1. The van der Waals surface area contributed by atoms with E-state index in [9.17, 15) is 18.0 Å². The smallest absolute Gasteiger partial charge is 0.333 e. The Morgan fingerprint density at radius 3 is 2.14 bits per heavy atom. The number of nitrogens with zero attached hydrogens (tertiary/aromatic N) is 2. The van der Waals surface area contributed by atoms with Crippen LogP contribution >= 0.6 is 11.3 Å². The molecule has 2 aromatic heterocycles. The van der Waals surface area contributed by atoms with Crippen molar-refractivity contribution < 1.29 is 18.0 Å². The standard InChI is InChI=1S/C11H9F3N2OS.C8H10.CH5N/c1-6(17)8-3-4-9(18-8)7-5-10(11(12,13)14)16(2)15-7;1-2-8-6-4-3-5-7-8;1-2/h3-5H,1-2H3;3-7H,2H2,1H3;2H2,1H3. The normalized spacial score (nSPS) is 10.4. The van der Waals surface area contributed by atoms with Crippen molar-refractivity contribution in [2.24, 2.45) is 12.8 Å². The van der Waals surface area contributed by atoms with Crippen LogP contribution < -0.4 is 5.73 Å². The van der Waals surface area contributed by atoms with Crippen LogP contribution in [0, 0.1) is 0 Å². The summed E-state index contributed by atoms with van der Waals surface area (Å²) >= 11 is 1.13. The van der Waals surface area contributed by atoms with E-state index in [1.54, 1.807) is 12.1 Å². The summed E-state index contributed by atoms with van der Waals surface area (Å²) in [6, 6.07) is 14.6. The Labute approximate surface area is 166 Å². The third-order valence-corrected chi connectivity index (χ3v) is 4.84. The van der Waals surface area contributed by atoms with E-state index in [0.717, 1.165) is 28.5 Å². The van der Waals surface area contributed by atoms with E-state index in [1.165, 1.54) is 26.6 Å². The van der Waals surface area contributed by atoms with Gasteiger partial charge in [-0.05, 0) is 44.2 Å². The molecule has 152 valence electrons. The topological polar surface area (TPSA) is 60.9 Å². The van der Waals surface area contributed by atoms with Crippen LogP contribution in [0.15, 0.2) is 48.5 Å². The molecule has 3 rings (SSSR count). The monoisotopic (exact) mass is 411 g/mol. The average molecular weight is 411 g/mol. The highest BCUT2D eigenvalue weighted by atomic mass is 32.1. The van der Waals surface area contributed by atoms with Gasteiger partial charge in [0.2, 0.25) is 0 Å². The lowest BCUT2D eigenvalue weighted by Crippen LogP contribution is -2.11. The summed E-state index contributed by atoms with van der Waals surface area (Å²) < 4.78 is 38.6. The summed E-state index contributed by atoms with van der Waals surface area (Å²) in [4.78, 5) is 12.2. The molecule has 1 aromatic carbocycles. The lowest BCUT2D eigenvalue weighted by Gasteiger charge is -2.04. The van der Waals surface area contributed by atoms with Crippen molar-refractivity contribution in [1.29, 1.82) is 0 Å². The molecule has 28 heavy (non-hydrogen) atoms. The van der Waals surface area contributed by atoms with Crippen LogP contribution in [0.3, 0.4) is 0 Å². The third kappa shape index (κ3) is 6.61. The third-order valence-electron chi connectivity index (χ3n) is 3.63. The molecule has 4 nitrogen and oxygen atoms in total. The predicted molar refractivity (Wildman–Crippen MR) is 107 cm³/mol. The molecule has 8 heteroatoms. The number of ketones is 1. The number of alkyl halides is 3. The molecule has 0 saturated heterocycles. The fourth-order valence-corrected chi connectivity index (χ4v) is 3.09. The molecule has 0 radical (unpaired) electrons. The number of benzene rings is 1. The molecule has 2 heterocycles. The van der Waals surface area contributed by atoms with E-state index in [4.69, 9.17) is 0 Å². The Morgan fingerprint density at radius 1 is 1.14 bits per heavy atom. The molecule has 3 aromatic rings. The number of rotatable bonds is 3. The number of Topliss-reactive ketones (excluding diaryl/α,β-unsaturated/α-hetero) is 1. The molecule has 0 aliphatic carbocycles. The fourth-order valence-electron chi connectivity index (χ4n) is 2.23. The predicted octanol–water partition coefficient (Wildman–Crippen LogP) is 5.19. The highest BCUT2D eigenvalue weighted by molar-refractivity contribution is 7.17. The van der Waals surface area contributed by atoms with Crippen molar-refractivity contribution >= 4 is 17.1 Å². The first-order valence-electron chi connectivity index (χ1n) is 8.56. The zero-order valence-corrected chi connectivity index (χ0v) is 17.1. The van der Waals surface area contributed by atoms with Crippen LogP contribution in [-0.2, 0) is 19.6 Å². The van der Waals surface area contributed by atoms with Gasteiger partial charge < -0.3 is 5.73 Å². The van der Waals surface area contributed by atoms with Gasteiger partial charge in [0.15, 0.2) is 5.78 Å². The van der Waals surface area contributed by atoms with Gasteiger partial charge in [0, 0.05) is 7.05 Å². The molecule has 0 bridgehead atoms. The van der Waals surface area contributed by atoms with Gasteiger partial charge in [-0.2, -0.15) is 18.3 Å². The van der Waals surface area contributed by atoms with Gasteiger partial charge in [-0.1, -0.05) is 37.3 Å². The number of carbonyl (C=O) groups is 1. The molecule has 0 fully saturated rings. The first-order valence-corrected chi connectivity index (χ1v) is 9.38. The van der Waals surface area contributed by atoms with Crippen LogP contribution in [0.1, 0.15) is 34.8 Å². The second-order valence-corrected chi connectivity index (χ2v) is 6.68. The van der Waals surface area contributed by atoms with Gasteiger partial charge in [-0.3, -0.25) is 9.48 Å².